The zero-order valence-electron chi connectivity index (χ0n) is 11.4. The van der Waals surface area contributed by atoms with E-state index >= 15 is 0 Å². The molecule has 0 aliphatic carbocycles. The largest absolute Gasteiger partial charge is 0.433 e. The highest BCUT2D eigenvalue weighted by atomic mass is 19.4. The minimum absolute atomic E-state index is 0.193. The van der Waals surface area contributed by atoms with Crippen LogP contribution in [0.2, 0.25) is 0 Å². The van der Waals surface area contributed by atoms with Gasteiger partial charge in [0, 0.05) is 17.3 Å². The fourth-order valence-electron chi connectivity index (χ4n) is 2.17. The van der Waals surface area contributed by atoms with Crippen LogP contribution in [0, 0.1) is 13.8 Å². The van der Waals surface area contributed by atoms with Gasteiger partial charge in [0.05, 0.1) is 5.69 Å². The van der Waals surface area contributed by atoms with Crippen molar-refractivity contribution in [3.05, 3.63) is 53.3 Å². The van der Waals surface area contributed by atoms with Gasteiger partial charge in [-0.25, -0.2) is 9.50 Å². The van der Waals surface area contributed by atoms with Crippen molar-refractivity contribution in [2.45, 2.75) is 20.0 Å². The van der Waals surface area contributed by atoms with E-state index in [1.807, 2.05) is 31.2 Å². The normalized spacial score (nSPS) is 12.0. The average Bonchev–Trinajstić information content (AvgIpc) is 2.80. The van der Waals surface area contributed by atoms with Crippen molar-refractivity contribution < 1.29 is 13.2 Å². The molecule has 108 valence electrons. The van der Waals surface area contributed by atoms with Crippen LogP contribution >= 0.6 is 0 Å². The molecule has 0 unspecified atom stereocenters. The van der Waals surface area contributed by atoms with Gasteiger partial charge in [-0.05, 0) is 19.9 Å². The quantitative estimate of drug-likeness (QED) is 0.677. The molecule has 21 heavy (non-hydrogen) atoms. The number of hydrogen-bond donors (Lipinski definition) is 0. The molecule has 0 spiro atoms. The summed E-state index contributed by atoms with van der Waals surface area (Å²) < 4.78 is 40.1. The van der Waals surface area contributed by atoms with E-state index < -0.39 is 11.9 Å². The molecule has 0 aliphatic rings. The standard InChI is InChI=1S/C15H12F3N3/c1-9-3-5-11(6-4-9)12-8-14-19-10(2)7-13(15(16,17)18)21(14)20-12/h3-8H,1-2H3. The third-order valence-electron chi connectivity index (χ3n) is 3.19. The molecule has 2 aromatic heterocycles. The smallest absolute Gasteiger partial charge is 0.234 e. The number of alkyl halides is 3. The molecule has 1 aromatic carbocycles. The fourth-order valence-corrected chi connectivity index (χ4v) is 2.17. The third-order valence-corrected chi connectivity index (χ3v) is 3.19. The highest BCUT2D eigenvalue weighted by molar-refractivity contribution is 5.64. The minimum Gasteiger partial charge on any atom is -0.234 e. The number of aryl methyl sites for hydroxylation is 2. The Morgan fingerprint density at radius 1 is 1.00 bits per heavy atom. The van der Waals surface area contributed by atoms with Crippen molar-refractivity contribution in [1.29, 1.82) is 0 Å². The number of benzene rings is 1. The van der Waals surface area contributed by atoms with Crippen molar-refractivity contribution in [1.82, 2.24) is 14.6 Å². The third kappa shape index (κ3) is 2.49. The molecule has 0 aliphatic heterocycles. The lowest BCUT2D eigenvalue weighted by Gasteiger charge is -2.09. The zero-order chi connectivity index (χ0) is 15.2. The zero-order valence-corrected chi connectivity index (χ0v) is 11.4. The lowest BCUT2D eigenvalue weighted by Crippen LogP contribution is -2.13. The van der Waals surface area contributed by atoms with Gasteiger partial charge in [0.1, 0.15) is 5.69 Å². The van der Waals surface area contributed by atoms with Crippen molar-refractivity contribution in [2.75, 3.05) is 0 Å². The number of fused-ring (bicyclic) bond motifs is 1. The number of hydrogen-bond acceptors (Lipinski definition) is 2. The molecule has 0 amide bonds. The first kappa shape index (κ1) is 13.6. The molecule has 3 aromatic rings. The summed E-state index contributed by atoms with van der Waals surface area (Å²) in [5.74, 6) is 0. The summed E-state index contributed by atoms with van der Waals surface area (Å²) in [6, 6.07) is 10.0. The van der Waals surface area contributed by atoms with Crippen LogP contribution in [-0.2, 0) is 6.18 Å². The van der Waals surface area contributed by atoms with E-state index in [1.54, 1.807) is 6.07 Å². The highest BCUT2D eigenvalue weighted by Gasteiger charge is 2.34. The average molecular weight is 291 g/mol. The van der Waals surface area contributed by atoms with Crippen molar-refractivity contribution >= 4 is 5.65 Å². The van der Waals surface area contributed by atoms with Gasteiger partial charge in [-0.2, -0.15) is 18.3 Å². The van der Waals surface area contributed by atoms with Gasteiger partial charge >= 0.3 is 6.18 Å². The molecule has 0 fully saturated rings. The molecule has 2 heterocycles. The van der Waals surface area contributed by atoms with Crippen LogP contribution in [0.4, 0.5) is 13.2 Å². The van der Waals surface area contributed by atoms with Gasteiger partial charge < -0.3 is 0 Å². The Kier molecular flexibility index (Phi) is 2.97. The van der Waals surface area contributed by atoms with Gasteiger partial charge in [-0.15, -0.1) is 0 Å². The van der Waals surface area contributed by atoms with Crippen LogP contribution in [0.25, 0.3) is 16.9 Å². The number of aromatic nitrogens is 3. The van der Waals surface area contributed by atoms with Crippen LogP contribution in [0.1, 0.15) is 17.0 Å². The molecular formula is C15H12F3N3. The van der Waals surface area contributed by atoms with E-state index in [2.05, 4.69) is 10.1 Å². The topological polar surface area (TPSA) is 30.2 Å². The van der Waals surface area contributed by atoms with Gasteiger partial charge in [0.25, 0.3) is 0 Å². The molecule has 6 heteroatoms. The van der Waals surface area contributed by atoms with Crippen molar-refractivity contribution in [2.24, 2.45) is 0 Å². The van der Waals surface area contributed by atoms with E-state index in [9.17, 15) is 13.2 Å². The summed E-state index contributed by atoms with van der Waals surface area (Å²) in [7, 11) is 0. The molecular weight excluding hydrogens is 279 g/mol. The van der Waals surface area contributed by atoms with Crippen LogP contribution in [0.5, 0.6) is 0 Å². The van der Waals surface area contributed by atoms with Gasteiger partial charge in [-0.1, -0.05) is 29.8 Å². The fraction of sp³-hybridized carbons (Fsp3) is 0.200. The Morgan fingerprint density at radius 3 is 2.29 bits per heavy atom. The molecule has 3 rings (SSSR count). The molecule has 0 saturated heterocycles. The van der Waals surface area contributed by atoms with E-state index in [0.717, 1.165) is 21.7 Å². The predicted molar refractivity (Wildman–Crippen MR) is 72.9 cm³/mol. The van der Waals surface area contributed by atoms with E-state index in [-0.39, 0.29) is 5.65 Å². The monoisotopic (exact) mass is 291 g/mol. The first-order chi connectivity index (χ1) is 9.84. The van der Waals surface area contributed by atoms with Crippen LogP contribution < -0.4 is 0 Å². The van der Waals surface area contributed by atoms with E-state index in [1.165, 1.54) is 6.92 Å². The van der Waals surface area contributed by atoms with Crippen molar-refractivity contribution in [3.63, 3.8) is 0 Å². The molecule has 3 nitrogen and oxygen atoms in total. The first-order valence-corrected chi connectivity index (χ1v) is 6.36. The molecule has 0 N–H and O–H groups in total. The summed E-state index contributed by atoms with van der Waals surface area (Å²) in [6.45, 7) is 3.48. The Bertz CT molecular complexity index is 801. The second kappa shape index (κ2) is 4.58. The Balaban J connectivity index is 2.22. The van der Waals surface area contributed by atoms with Crippen LogP contribution in [0.15, 0.2) is 36.4 Å². The van der Waals surface area contributed by atoms with Gasteiger partial charge in [0.2, 0.25) is 0 Å². The molecule has 0 atom stereocenters. The maximum Gasteiger partial charge on any atom is 0.433 e. The maximum atomic E-state index is 13.1. The number of nitrogens with zero attached hydrogens (tertiary/aromatic N) is 3. The minimum atomic E-state index is -4.47. The Hall–Kier alpha value is -2.37. The summed E-state index contributed by atoms with van der Waals surface area (Å²) in [4.78, 5) is 4.11. The Labute approximate surface area is 119 Å². The van der Waals surface area contributed by atoms with Crippen LogP contribution in [-0.4, -0.2) is 14.6 Å². The van der Waals surface area contributed by atoms with E-state index in [4.69, 9.17) is 0 Å². The SMILES string of the molecule is Cc1ccc(-c2cc3nc(C)cc(C(F)(F)F)n3n2)cc1. The number of halogens is 3. The number of rotatable bonds is 1. The maximum absolute atomic E-state index is 13.1. The lowest BCUT2D eigenvalue weighted by molar-refractivity contribution is -0.142. The summed E-state index contributed by atoms with van der Waals surface area (Å²) in [5.41, 5.74) is 1.99. The van der Waals surface area contributed by atoms with Gasteiger partial charge in [-0.3, -0.25) is 0 Å². The van der Waals surface area contributed by atoms with Crippen molar-refractivity contribution in [3.8, 4) is 11.3 Å². The highest BCUT2D eigenvalue weighted by Crippen LogP contribution is 2.31. The summed E-state index contributed by atoms with van der Waals surface area (Å²) >= 11 is 0. The molecule has 0 saturated carbocycles. The lowest BCUT2D eigenvalue weighted by atomic mass is 10.1. The van der Waals surface area contributed by atoms with Gasteiger partial charge in [0.15, 0.2) is 5.65 Å². The first-order valence-electron chi connectivity index (χ1n) is 6.36. The van der Waals surface area contributed by atoms with Crippen LogP contribution in [0.3, 0.4) is 0 Å². The predicted octanol–water partition coefficient (Wildman–Crippen LogP) is 4.03. The van der Waals surface area contributed by atoms with E-state index in [0.29, 0.717) is 11.4 Å². The second-order valence-electron chi connectivity index (χ2n) is 4.95. The summed E-state index contributed by atoms with van der Waals surface area (Å²) in [6.07, 6.45) is -4.47. The molecule has 0 bridgehead atoms. The Morgan fingerprint density at radius 2 is 1.67 bits per heavy atom. The second-order valence-corrected chi connectivity index (χ2v) is 4.95. The molecule has 0 radical (unpaired) electrons. The summed E-state index contributed by atoms with van der Waals surface area (Å²) in [5, 5.41) is 4.05.